The summed E-state index contributed by atoms with van der Waals surface area (Å²) in [5.74, 6) is 1.04. The number of rotatable bonds is 6. The number of imidazole rings is 1. The van der Waals surface area contributed by atoms with E-state index < -0.39 is 0 Å². The summed E-state index contributed by atoms with van der Waals surface area (Å²) in [7, 11) is 2.14. The summed E-state index contributed by atoms with van der Waals surface area (Å²) in [4.78, 5) is 4.92. The van der Waals surface area contributed by atoms with Gasteiger partial charge in [0.05, 0.1) is 5.69 Å². The molecule has 0 unspecified atom stereocenters. The van der Waals surface area contributed by atoms with Crippen molar-refractivity contribution in [1.29, 1.82) is 0 Å². The van der Waals surface area contributed by atoms with Gasteiger partial charge < -0.3 is 4.57 Å². The Hall–Kier alpha value is -2.00. The van der Waals surface area contributed by atoms with Gasteiger partial charge in [0.15, 0.2) is 5.16 Å². The molecule has 3 aromatic rings. The van der Waals surface area contributed by atoms with E-state index in [1.165, 1.54) is 22.5 Å². The molecule has 1 aromatic heterocycles. The number of thioether (sulfide) groups is 1. The zero-order chi connectivity index (χ0) is 16.1. The van der Waals surface area contributed by atoms with Gasteiger partial charge in [-0.05, 0) is 16.9 Å². The minimum absolute atomic E-state index is 0.890. The van der Waals surface area contributed by atoms with Crippen molar-refractivity contribution >= 4 is 11.8 Å². The van der Waals surface area contributed by atoms with Gasteiger partial charge in [-0.25, -0.2) is 4.98 Å². The van der Waals surface area contributed by atoms with Crippen LogP contribution in [0.3, 0.4) is 0 Å². The van der Waals surface area contributed by atoms with Gasteiger partial charge in [-0.1, -0.05) is 79.3 Å². The van der Waals surface area contributed by atoms with Crippen molar-refractivity contribution in [3.8, 4) is 0 Å². The van der Waals surface area contributed by atoms with Gasteiger partial charge in [0.1, 0.15) is 0 Å². The molecule has 0 spiro atoms. The molecule has 0 saturated heterocycles. The van der Waals surface area contributed by atoms with Crippen molar-refractivity contribution < 1.29 is 0 Å². The van der Waals surface area contributed by atoms with Crippen molar-refractivity contribution in [3.63, 3.8) is 0 Å². The standard InChI is InChI=1S/C20H22N2S/c1-3-23-20-21-18(14-16-10-6-4-7-11-16)19(22(20)2)15-17-12-8-5-9-13-17/h4-13H,3,14-15H2,1-2H3. The van der Waals surface area contributed by atoms with Crippen LogP contribution in [0.25, 0.3) is 0 Å². The zero-order valence-corrected chi connectivity index (χ0v) is 14.5. The van der Waals surface area contributed by atoms with E-state index in [1.807, 2.05) is 11.8 Å². The Morgan fingerprint density at radius 3 is 2.00 bits per heavy atom. The van der Waals surface area contributed by atoms with Crippen LogP contribution in [-0.2, 0) is 19.9 Å². The summed E-state index contributed by atoms with van der Waals surface area (Å²) in [6, 6.07) is 21.2. The van der Waals surface area contributed by atoms with Crippen LogP contribution in [0.4, 0.5) is 0 Å². The van der Waals surface area contributed by atoms with Crippen LogP contribution >= 0.6 is 11.8 Å². The van der Waals surface area contributed by atoms with Crippen LogP contribution in [0.15, 0.2) is 65.8 Å². The number of hydrogen-bond donors (Lipinski definition) is 0. The SMILES string of the molecule is CCSc1nc(Cc2ccccc2)c(Cc2ccccc2)n1C. The zero-order valence-electron chi connectivity index (χ0n) is 13.7. The second-order valence-corrected chi connectivity index (χ2v) is 6.84. The molecule has 118 valence electrons. The number of hydrogen-bond acceptors (Lipinski definition) is 2. The fourth-order valence-electron chi connectivity index (χ4n) is 2.76. The quantitative estimate of drug-likeness (QED) is 0.611. The third-order valence-electron chi connectivity index (χ3n) is 3.96. The van der Waals surface area contributed by atoms with E-state index in [1.54, 1.807) is 0 Å². The van der Waals surface area contributed by atoms with E-state index in [2.05, 4.69) is 79.2 Å². The molecule has 0 fully saturated rings. The average molecular weight is 322 g/mol. The van der Waals surface area contributed by atoms with Gasteiger partial charge in [0, 0.05) is 25.6 Å². The van der Waals surface area contributed by atoms with Crippen LogP contribution in [-0.4, -0.2) is 15.3 Å². The van der Waals surface area contributed by atoms with Crippen LogP contribution < -0.4 is 0 Å². The molecule has 3 heteroatoms. The minimum atomic E-state index is 0.890. The van der Waals surface area contributed by atoms with E-state index in [0.29, 0.717) is 0 Å². The second kappa shape index (κ2) is 7.51. The van der Waals surface area contributed by atoms with E-state index in [9.17, 15) is 0 Å². The van der Waals surface area contributed by atoms with Gasteiger partial charge in [0.2, 0.25) is 0 Å². The number of nitrogens with zero attached hydrogens (tertiary/aromatic N) is 2. The van der Waals surface area contributed by atoms with Gasteiger partial charge >= 0.3 is 0 Å². The van der Waals surface area contributed by atoms with Gasteiger partial charge in [-0.3, -0.25) is 0 Å². The Labute approximate surface area is 142 Å². The van der Waals surface area contributed by atoms with Crippen molar-refractivity contribution in [2.75, 3.05) is 5.75 Å². The second-order valence-electron chi connectivity index (χ2n) is 5.60. The van der Waals surface area contributed by atoms with Gasteiger partial charge in [-0.2, -0.15) is 0 Å². The molecule has 0 amide bonds. The van der Waals surface area contributed by atoms with E-state index >= 15 is 0 Å². The first-order chi connectivity index (χ1) is 11.3. The maximum atomic E-state index is 4.92. The molecular formula is C20H22N2S. The summed E-state index contributed by atoms with van der Waals surface area (Å²) in [5.41, 5.74) is 5.15. The van der Waals surface area contributed by atoms with Gasteiger partial charge in [-0.15, -0.1) is 0 Å². The molecule has 0 saturated carbocycles. The van der Waals surface area contributed by atoms with Crippen LogP contribution in [0.1, 0.15) is 29.4 Å². The molecule has 23 heavy (non-hydrogen) atoms. The predicted octanol–water partition coefficient (Wildman–Crippen LogP) is 4.71. The first kappa shape index (κ1) is 15.9. The molecule has 2 aromatic carbocycles. The van der Waals surface area contributed by atoms with Crippen molar-refractivity contribution in [1.82, 2.24) is 9.55 Å². The smallest absolute Gasteiger partial charge is 0.168 e. The van der Waals surface area contributed by atoms with Crippen molar-refractivity contribution in [2.24, 2.45) is 7.05 Å². The Bertz CT molecular complexity index is 748. The number of aromatic nitrogens is 2. The summed E-state index contributed by atoms with van der Waals surface area (Å²) in [5, 5.41) is 1.12. The summed E-state index contributed by atoms with van der Waals surface area (Å²) in [6.07, 6.45) is 1.82. The van der Waals surface area contributed by atoms with E-state index in [0.717, 1.165) is 23.8 Å². The molecule has 1 heterocycles. The topological polar surface area (TPSA) is 17.8 Å². The van der Waals surface area contributed by atoms with E-state index in [-0.39, 0.29) is 0 Å². The maximum Gasteiger partial charge on any atom is 0.168 e. The fourth-order valence-corrected chi connectivity index (χ4v) is 3.50. The molecule has 2 nitrogen and oxygen atoms in total. The highest BCUT2D eigenvalue weighted by atomic mass is 32.2. The fraction of sp³-hybridized carbons (Fsp3) is 0.250. The largest absolute Gasteiger partial charge is 0.326 e. The summed E-state index contributed by atoms with van der Waals surface area (Å²) < 4.78 is 2.26. The molecule has 3 rings (SSSR count). The third-order valence-corrected chi connectivity index (χ3v) is 4.87. The van der Waals surface area contributed by atoms with Crippen LogP contribution in [0, 0.1) is 0 Å². The Morgan fingerprint density at radius 2 is 1.43 bits per heavy atom. The minimum Gasteiger partial charge on any atom is -0.326 e. The highest BCUT2D eigenvalue weighted by Gasteiger charge is 2.15. The lowest BCUT2D eigenvalue weighted by atomic mass is 10.0. The molecule has 0 bridgehead atoms. The van der Waals surface area contributed by atoms with Gasteiger partial charge in [0.25, 0.3) is 0 Å². The first-order valence-corrected chi connectivity index (χ1v) is 9.01. The van der Waals surface area contributed by atoms with E-state index in [4.69, 9.17) is 4.98 Å². The predicted molar refractivity (Wildman–Crippen MR) is 98.1 cm³/mol. The third kappa shape index (κ3) is 3.85. The molecule has 0 radical (unpaired) electrons. The molecule has 0 atom stereocenters. The highest BCUT2D eigenvalue weighted by molar-refractivity contribution is 7.99. The molecular weight excluding hydrogens is 300 g/mol. The first-order valence-electron chi connectivity index (χ1n) is 8.03. The average Bonchev–Trinajstić information content (AvgIpc) is 2.86. The van der Waals surface area contributed by atoms with Crippen LogP contribution in [0.5, 0.6) is 0 Å². The highest BCUT2D eigenvalue weighted by Crippen LogP contribution is 2.24. The molecule has 0 aliphatic rings. The maximum absolute atomic E-state index is 4.92. The summed E-state index contributed by atoms with van der Waals surface area (Å²) in [6.45, 7) is 2.17. The Morgan fingerprint density at radius 1 is 0.870 bits per heavy atom. The lowest BCUT2D eigenvalue weighted by Crippen LogP contribution is -2.02. The Balaban J connectivity index is 1.94. The lowest BCUT2D eigenvalue weighted by Gasteiger charge is -2.08. The van der Waals surface area contributed by atoms with Crippen molar-refractivity contribution in [2.45, 2.75) is 24.9 Å². The summed E-state index contributed by atoms with van der Waals surface area (Å²) >= 11 is 1.81. The van der Waals surface area contributed by atoms with Crippen molar-refractivity contribution in [3.05, 3.63) is 83.2 Å². The molecule has 0 aliphatic carbocycles. The lowest BCUT2D eigenvalue weighted by molar-refractivity contribution is 0.750. The molecule has 0 N–H and O–H groups in total. The normalized spacial score (nSPS) is 10.9. The van der Waals surface area contributed by atoms with Crippen LogP contribution in [0.2, 0.25) is 0 Å². The molecule has 0 aliphatic heterocycles. The number of benzene rings is 2. The Kier molecular flexibility index (Phi) is 5.19. The monoisotopic (exact) mass is 322 g/mol.